The second kappa shape index (κ2) is 38.9. The first-order valence-corrected chi connectivity index (χ1v) is 53.9. The van der Waals surface area contributed by atoms with Gasteiger partial charge in [-0.3, -0.25) is 41.7 Å². The molecule has 51 nitrogen and oxygen atoms in total. The molecule has 17 atom stereocenters. The lowest BCUT2D eigenvalue weighted by molar-refractivity contribution is -0.0465. The van der Waals surface area contributed by atoms with Crippen LogP contribution in [0.25, 0.3) is 67.0 Å². The fraction of sp³-hybridized carbons (Fsp3) is 0.531. The van der Waals surface area contributed by atoms with Crippen LogP contribution in [0.1, 0.15) is 84.4 Å². The van der Waals surface area contributed by atoms with E-state index in [1.807, 2.05) is 0 Å². The highest BCUT2D eigenvalue weighted by molar-refractivity contribution is 8.44. The molecular weight excluding hydrogens is 1930 g/mol. The minimum absolute atomic E-state index is 0.0280. The molecule has 18 heterocycles. The molecule has 64 heteroatoms. The maximum atomic E-state index is 15.9. The molecule has 0 aliphatic carbocycles. The van der Waals surface area contributed by atoms with Crippen LogP contribution in [0, 0.1) is 26.7 Å². The number of rotatable bonds is 9. The molecular formula is C64H79FN24O27P6S6. The lowest BCUT2D eigenvalue weighted by Gasteiger charge is -2.26. The third-order valence-electron chi connectivity index (χ3n) is 20.0. The summed E-state index contributed by atoms with van der Waals surface area (Å²) in [4.78, 5) is 165. The molecule has 3 saturated heterocycles. The van der Waals surface area contributed by atoms with Crippen molar-refractivity contribution in [3.05, 3.63) is 121 Å². The SMILES string of the molecule is COCc1ncc2nc3n(c2n1)CCOP(=O)(S)OC[C@@H]1C[C@@H](OP(O)(=S)OC3)[C@H](n2cnc3c(=O)[nH]c(C)nc32)O1.COCc1ncc2nc3n(c2n1)CCOP(O)(=S)OC[C@H]1O[C@@H](n2cnc4c(=O)[nH]c(C)nc42)[C@H](OP(O)(=S)OC3)[C@@H]1C.COCc1ncc2nc3n(c2n1)CCOP(O)(=S)OC[C@H]1O[C@@H](n2cnc4c(=O)[nH]c(C)nc42)[C@H](OP(O)(=S)OC3)[C@H]1F. The van der Waals surface area contributed by atoms with Gasteiger partial charge in [0.25, 0.3) is 16.7 Å². The third kappa shape index (κ3) is 21.3. The highest BCUT2D eigenvalue weighted by Crippen LogP contribution is 2.57. The molecule has 128 heavy (non-hydrogen) atoms. The number of aromatic nitrogens is 24. The van der Waals surface area contributed by atoms with Gasteiger partial charge in [-0.15, -0.1) is 0 Å². The summed E-state index contributed by atoms with van der Waals surface area (Å²) in [5.41, 5.74) is 1.96. The average Bonchev–Trinajstić information content (AvgIpc) is 1.62. The number of imidazole rings is 6. The number of alkyl halides is 1. The van der Waals surface area contributed by atoms with Crippen LogP contribution >= 0.6 is 52.6 Å². The quantitative estimate of drug-likeness (QED) is 0.0719. The summed E-state index contributed by atoms with van der Waals surface area (Å²) in [6, 6.07) is 0. The van der Waals surface area contributed by atoms with Crippen LogP contribution in [0.4, 0.5) is 4.39 Å². The standard InChI is InChI=1S/C22H28N8O9P2S2.C21H25FN8O9P2S2.C21H26N8O9P2S2/c1-11-14-7-36-40(32,42)35-5-4-29-16(27-13-6-23-15(8-34-3)28-19(13)29)9-37-41(33,43)39-18(11)22(38-14)30-10-24-17-20(30)25-12(2)26-21(17)31;1-10-25-19-16(20(31)26-10)24-9-30(19)21-17-15(22)12(38-21)6-36-40(32,42)35-4-3-29-14(8-37-41(33,43)39-17)27-11-5-23-13(7-34-2)28-18(11)29;1-11-24-19-17(20(30)25-11)23-10-29(19)21-14-5-12(37-21)7-35-39(31,41)34-4-3-28-16(9-36-40(32,42)38-14)26-13-6-22-15(8-33-2)27-18(13)28/h6,10-11,14,18,22H,4-5,7-9H2,1-3H3,(H,32,42)(H,33,43)(H,25,26,31);5,9,12,15,17,21H,3-4,6-8H2,1-2H3,(H,32,42)(H,33,43)(H,25,26,31);6,10,12,14,21H,3-5,7-9H2,1-2H3,(H,31,41)(H,32,42)(H,24,25,30)/t11-,14-,18-,22-,40?,41?;12-,15+,17-,21-,40?,41?;12-,14+,21+,39?,40?/m110/s1. The van der Waals surface area contributed by atoms with E-state index in [1.165, 1.54) is 66.4 Å². The summed E-state index contributed by atoms with van der Waals surface area (Å²) in [5, 5.41) is 0. The van der Waals surface area contributed by atoms with E-state index in [9.17, 15) is 43.4 Å². The van der Waals surface area contributed by atoms with E-state index in [-0.39, 0.29) is 144 Å². The minimum Gasteiger partial charge on any atom is -0.377 e. The molecule has 6 bridgehead atoms. The van der Waals surface area contributed by atoms with Crippen molar-refractivity contribution >= 4 is 179 Å². The predicted molar refractivity (Wildman–Crippen MR) is 461 cm³/mol. The largest absolute Gasteiger partial charge is 0.386 e. The molecule has 6 aliphatic rings. The van der Waals surface area contributed by atoms with Crippen LogP contribution < -0.4 is 16.7 Å². The van der Waals surface area contributed by atoms with Crippen molar-refractivity contribution in [2.24, 2.45) is 5.92 Å². The van der Waals surface area contributed by atoms with Gasteiger partial charge < -0.3 is 122 Å². The number of hydrogen-bond acceptors (Lipinski definition) is 42. The van der Waals surface area contributed by atoms with Crippen LogP contribution in [-0.4, -0.2) is 245 Å². The number of nitrogens with one attached hydrogen (secondary N) is 3. The van der Waals surface area contributed by atoms with Crippen LogP contribution in [0.15, 0.2) is 52.0 Å². The molecule has 18 rings (SSSR count). The van der Waals surface area contributed by atoms with Crippen molar-refractivity contribution in [2.45, 2.75) is 155 Å². The van der Waals surface area contributed by atoms with E-state index >= 15 is 4.39 Å². The van der Waals surface area contributed by atoms with Gasteiger partial charge in [0.1, 0.15) is 116 Å². The number of ether oxygens (including phenoxy) is 6. The molecule has 12 aromatic heterocycles. The van der Waals surface area contributed by atoms with Crippen molar-refractivity contribution in [3.63, 3.8) is 0 Å². The Hall–Kier alpha value is -6.46. The van der Waals surface area contributed by atoms with Crippen molar-refractivity contribution in [1.82, 2.24) is 117 Å². The topological polar surface area (TPSA) is 606 Å². The number of methoxy groups -OCH3 is 3. The highest BCUT2D eigenvalue weighted by atomic mass is 32.7. The van der Waals surface area contributed by atoms with Crippen molar-refractivity contribution in [2.75, 3.05) is 61.0 Å². The summed E-state index contributed by atoms with van der Waals surface area (Å²) >= 11 is 30.6. The number of aromatic amines is 3. The molecule has 6 unspecified atom stereocenters. The van der Waals surface area contributed by atoms with Crippen LogP contribution in [0.3, 0.4) is 0 Å². The number of nitrogens with zero attached hydrogens (tertiary/aromatic N) is 21. The second-order valence-electron chi connectivity index (χ2n) is 28.9. The lowest BCUT2D eigenvalue weighted by atomic mass is 10.0. The summed E-state index contributed by atoms with van der Waals surface area (Å²) in [6.45, 7) is -17.9. The van der Waals surface area contributed by atoms with Gasteiger partial charge in [-0.1, -0.05) is 19.2 Å². The van der Waals surface area contributed by atoms with Gasteiger partial charge in [0.2, 0.25) is 0 Å². The van der Waals surface area contributed by atoms with Crippen LogP contribution in [0.2, 0.25) is 0 Å². The van der Waals surface area contributed by atoms with E-state index in [1.54, 1.807) is 47.6 Å². The molecule has 3 fully saturated rings. The first kappa shape index (κ1) is 94.7. The first-order valence-electron chi connectivity index (χ1n) is 38.2. The van der Waals surface area contributed by atoms with E-state index < -0.39 is 131 Å². The number of aryl methyl sites for hydroxylation is 3. The summed E-state index contributed by atoms with van der Waals surface area (Å²) in [6.07, 6.45) is -2.58. The molecule has 0 radical (unpaired) electrons. The van der Waals surface area contributed by atoms with Gasteiger partial charge in [-0.25, -0.2) is 83.7 Å². The lowest BCUT2D eigenvalue weighted by Crippen LogP contribution is -2.32. The van der Waals surface area contributed by atoms with Gasteiger partial charge in [0, 0.05) is 53.3 Å². The maximum Gasteiger partial charge on any atom is 0.386 e. The Kier molecular flexibility index (Phi) is 28.8. The smallest absolute Gasteiger partial charge is 0.377 e. The van der Waals surface area contributed by atoms with Gasteiger partial charge in [-0.05, 0) is 79.8 Å². The van der Waals surface area contributed by atoms with E-state index in [0.29, 0.717) is 74.3 Å². The van der Waals surface area contributed by atoms with Gasteiger partial charge in [0.05, 0.1) is 89.4 Å². The zero-order valence-electron chi connectivity index (χ0n) is 67.8. The summed E-state index contributed by atoms with van der Waals surface area (Å²) in [7, 11) is 4.56. The summed E-state index contributed by atoms with van der Waals surface area (Å²) in [5.74, 6) is 2.71. The minimum atomic E-state index is -4.17. The zero-order valence-corrected chi connectivity index (χ0v) is 78.1. The number of thiol groups is 1. The van der Waals surface area contributed by atoms with E-state index in [0.717, 1.165) is 0 Å². The Morgan fingerprint density at radius 1 is 0.453 bits per heavy atom. The summed E-state index contributed by atoms with van der Waals surface area (Å²) < 4.78 is 140. The third-order valence-corrected chi connectivity index (χ3v) is 29.6. The fourth-order valence-electron chi connectivity index (χ4n) is 14.4. The Bertz CT molecular complexity index is 6450. The molecule has 0 amide bonds. The van der Waals surface area contributed by atoms with Crippen LogP contribution in [-0.2, 0) is 206 Å². The van der Waals surface area contributed by atoms with Gasteiger partial charge in [0.15, 0.2) is 92.8 Å². The Balaban J connectivity index is 0.000000141. The second-order valence-corrected chi connectivity index (χ2v) is 45.8. The van der Waals surface area contributed by atoms with Crippen molar-refractivity contribution < 1.29 is 116 Å². The number of hydrogen-bond donors (Lipinski definition) is 9. The number of H-pyrrole nitrogens is 3. The molecule has 0 saturated carbocycles. The zero-order chi connectivity index (χ0) is 90.7. The Morgan fingerprint density at radius 3 is 1.25 bits per heavy atom. The van der Waals surface area contributed by atoms with E-state index in [2.05, 4.69) is 102 Å². The van der Waals surface area contributed by atoms with Gasteiger partial charge >= 0.3 is 40.4 Å². The molecule has 0 aromatic carbocycles. The van der Waals surface area contributed by atoms with Crippen molar-refractivity contribution in [3.8, 4) is 0 Å². The van der Waals surface area contributed by atoms with Crippen molar-refractivity contribution in [1.29, 1.82) is 0 Å². The highest BCUT2D eigenvalue weighted by Gasteiger charge is 2.52. The Morgan fingerprint density at radius 2 is 0.828 bits per heavy atom. The molecule has 8 N–H and O–H groups in total. The van der Waals surface area contributed by atoms with E-state index in [4.69, 9.17) is 142 Å². The maximum absolute atomic E-state index is 15.9. The molecule has 0 spiro atoms. The number of halogens is 1. The molecule has 6 aliphatic heterocycles. The molecule has 690 valence electrons. The Labute approximate surface area is 750 Å². The first-order chi connectivity index (χ1) is 60.9. The predicted octanol–water partition coefficient (Wildman–Crippen LogP) is 4.27. The molecule has 12 aromatic rings. The average molecular weight is 2010 g/mol. The normalized spacial score (nSPS) is 30.3. The van der Waals surface area contributed by atoms with Crippen LogP contribution in [0.5, 0.6) is 0 Å². The number of fused-ring (bicyclic) bond motifs is 18. The monoisotopic (exact) mass is 2010 g/mol. The fourth-order valence-corrected chi connectivity index (χ4v) is 21.9. The van der Waals surface area contributed by atoms with Gasteiger partial charge in [-0.2, -0.15) is 0 Å².